The highest BCUT2D eigenvalue weighted by Crippen LogP contribution is 2.21. The van der Waals surface area contributed by atoms with Crippen LogP contribution in [0, 0.1) is 6.92 Å². The number of likely N-dealkylation sites (tertiary alicyclic amines) is 1. The topological polar surface area (TPSA) is 39.7 Å². The Morgan fingerprint density at radius 2 is 2.04 bits per heavy atom. The van der Waals surface area contributed by atoms with Crippen LogP contribution >= 0.6 is 0 Å². The van der Waals surface area contributed by atoms with Crippen molar-refractivity contribution in [3.05, 3.63) is 23.9 Å². The maximum atomic E-state index is 12.4. The largest absolute Gasteiger partial charge is 0.355 e. The van der Waals surface area contributed by atoms with Gasteiger partial charge in [-0.1, -0.05) is 6.07 Å². The summed E-state index contributed by atoms with van der Waals surface area (Å²) in [4.78, 5) is 23.6. The molecular formula is C18H28N4O. The lowest BCUT2D eigenvalue weighted by Gasteiger charge is -2.38. The van der Waals surface area contributed by atoms with Crippen molar-refractivity contribution in [1.29, 1.82) is 0 Å². The van der Waals surface area contributed by atoms with Crippen LogP contribution in [-0.2, 0) is 4.79 Å². The van der Waals surface area contributed by atoms with Crippen molar-refractivity contribution in [2.45, 2.75) is 38.6 Å². The molecule has 126 valence electrons. The number of anilines is 1. The fourth-order valence-corrected chi connectivity index (χ4v) is 3.64. The Bertz CT molecular complexity index is 542. The number of nitrogens with zero attached hydrogens (tertiary/aromatic N) is 4. The molecule has 2 aliphatic heterocycles. The fourth-order valence-electron chi connectivity index (χ4n) is 3.64. The van der Waals surface area contributed by atoms with E-state index >= 15 is 0 Å². The van der Waals surface area contributed by atoms with E-state index in [0.29, 0.717) is 12.6 Å². The number of hydrogen-bond acceptors (Lipinski definition) is 4. The van der Waals surface area contributed by atoms with Gasteiger partial charge in [0, 0.05) is 37.9 Å². The van der Waals surface area contributed by atoms with Gasteiger partial charge >= 0.3 is 0 Å². The van der Waals surface area contributed by atoms with Crippen molar-refractivity contribution in [3.8, 4) is 0 Å². The van der Waals surface area contributed by atoms with Crippen molar-refractivity contribution in [2.24, 2.45) is 0 Å². The SMILES string of the molecule is Cc1cccc(N2CCC[C@@H](N(C)CC(=O)N3CCCC3)C2)n1. The summed E-state index contributed by atoms with van der Waals surface area (Å²) in [5.41, 5.74) is 1.06. The van der Waals surface area contributed by atoms with Crippen LogP contribution < -0.4 is 4.90 Å². The quantitative estimate of drug-likeness (QED) is 0.851. The first-order valence-electron chi connectivity index (χ1n) is 8.80. The number of likely N-dealkylation sites (N-methyl/N-ethyl adjacent to an activating group) is 1. The van der Waals surface area contributed by atoms with E-state index in [-0.39, 0.29) is 5.91 Å². The summed E-state index contributed by atoms with van der Waals surface area (Å²) >= 11 is 0. The third kappa shape index (κ3) is 4.02. The van der Waals surface area contributed by atoms with E-state index in [1.165, 1.54) is 0 Å². The molecule has 2 saturated heterocycles. The summed E-state index contributed by atoms with van der Waals surface area (Å²) in [5, 5.41) is 0. The summed E-state index contributed by atoms with van der Waals surface area (Å²) in [7, 11) is 2.09. The molecule has 0 aromatic carbocycles. The number of rotatable bonds is 4. The second kappa shape index (κ2) is 7.30. The van der Waals surface area contributed by atoms with Crippen LogP contribution in [0.1, 0.15) is 31.4 Å². The number of amides is 1. The van der Waals surface area contributed by atoms with E-state index in [1.807, 2.05) is 17.9 Å². The average Bonchev–Trinajstić information content (AvgIpc) is 3.09. The molecule has 1 aromatic rings. The van der Waals surface area contributed by atoms with Gasteiger partial charge in [0.15, 0.2) is 0 Å². The number of carbonyl (C=O) groups is 1. The van der Waals surface area contributed by atoms with Gasteiger partial charge in [0.2, 0.25) is 5.91 Å². The van der Waals surface area contributed by atoms with Crippen LogP contribution in [0.4, 0.5) is 5.82 Å². The minimum absolute atomic E-state index is 0.288. The number of carbonyl (C=O) groups excluding carboxylic acids is 1. The molecule has 0 unspecified atom stereocenters. The Balaban J connectivity index is 1.58. The molecule has 0 aliphatic carbocycles. The Hall–Kier alpha value is -1.62. The van der Waals surface area contributed by atoms with Crippen molar-refractivity contribution in [1.82, 2.24) is 14.8 Å². The molecule has 3 rings (SSSR count). The third-order valence-corrected chi connectivity index (χ3v) is 5.06. The van der Waals surface area contributed by atoms with Crippen LogP contribution in [-0.4, -0.2) is 66.5 Å². The molecule has 1 atom stereocenters. The predicted molar refractivity (Wildman–Crippen MR) is 92.7 cm³/mol. The Kier molecular flexibility index (Phi) is 5.16. The smallest absolute Gasteiger partial charge is 0.236 e. The molecule has 0 N–H and O–H groups in total. The predicted octanol–water partition coefficient (Wildman–Crippen LogP) is 1.91. The average molecular weight is 316 g/mol. The van der Waals surface area contributed by atoms with Gasteiger partial charge in [0.05, 0.1) is 6.54 Å². The minimum atomic E-state index is 0.288. The number of hydrogen-bond donors (Lipinski definition) is 0. The van der Waals surface area contributed by atoms with Crippen LogP contribution in [0.15, 0.2) is 18.2 Å². The molecule has 5 nitrogen and oxygen atoms in total. The Labute approximate surface area is 139 Å². The van der Waals surface area contributed by atoms with E-state index in [2.05, 4.69) is 34.0 Å². The molecule has 0 bridgehead atoms. The molecule has 0 saturated carbocycles. The highest BCUT2D eigenvalue weighted by Gasteiger charge is 2.27. The van der Waals surface area contributed by atoms with E-state index in [1.54, 1.807) is 0 Å². The van der Waals surface area contributed by atoms with Gasteiger partial charge in [0.1, 0.15) is 5.82 Å². The van der Waals surface area contributed by atoms with Crippen LogP contribution in [0.2, 0.25) is 0 Å². The lowest BCUT2D eigenvalue weighted by molar-refractivity contribution is -0.131. The fraction of sp³-hybridized carbons (Fsp3) is 0.667. The Morgan fingerprint density at radius 3 is 2.78 bits per heavy atom. The summed E-state index contributed by atoms with van der Waals surface area (Å²) in [6.07, 6.45) is 4.63. The number of pyridine rings is 1. The van der Waals surface area contributed by atoms with Crippen LogP contribution in [0.25, 0.3) is 0 Å². The standard InChI is InChI=1S/C18H28N4O/c1-15-7-5-9-17(19-15)22-12-6-8-16(13-22)20(2)14-18(23)21-10-3-4-11-21/h5,7,9,16H,3-4,6,8,10-14H2,1-2H3/t16-/m1/s1. The van der Waals surface area contributed by atoms with Gasteiger partial charge in [-0.15, -0.1) is 0 Å². The maximum Gasteiger partial charge on any atom is 0.236 e. The third-order valence-electron chi connectivity index (χ3n) is 5.06. The second-order valence-corrected chi connectivity index (χ2v) is 6.88. The highest BCUT2D eigenvalue weighted by molar-refractivity contribution is 5.78. The first kappa shape index (κ1) is 16.2. The minimum Gasteiger partial charge on any atom is -0.355 e. The molecule has 2 aliphatic rings. The number of piperidine rings is 1. The molecular weight excluding hydrogens is 288 g/mol. The van der Waals surface area contributed by atoms with E-state index in [4.69, 9.17) is 0 Å². The molecule has 1 aromatic heterocycles. The molecule has 23 heavy (non-hydrogen) atoms. The van der Waals surface area contributed by atoms with Crippen LogP contribution in [0.5, 0.6) is 0 Å². The Morgan fingerprint density at radius 1 is 1.26 bits per heavy atom. The lowest BCUT2D eigenvalue weighted by Crippen LogP contribution is -2.49. The molecule has 3 heterocycles. The summed E-state index contributed by atoms with van der Waals surface area (Å²) in [6, 6.07) is 6.62. The van der Waals surface area contributed by atoms with Gasteiger partial charge in [-0.2, -0.15) is 0 Å². The van der Waals surface area contributed by atoms with Crippen molar-refractivity contribution in [2.75, 3.05) is 44.7 Å². The van der Waals surface area contributed by atoms with Crippen molar-refractivity contribution < 1.29 is 4.79 Å². The van der Waals surface area contributed by atoms with Crippen LogP contribution in [0.3, 0.4) is 0 Å². The zero-order valence-corrected chi connectivity index (χ0v) is 14.4. The van der Waals surface area contributed by atoms with Gasteiger partial charge in [-0.05, 0) is 51.8 Å². The molecule has 2 fully saturated rings. The molecule has 1 amide bonds. The first-order chi connectivity index (χ1) is 11.1. The van der Waals surface area contributed by atoms with E-state index in [0.717, 1.165) is 63.4 Å². The second-order valence-electron chi connectivity index (χ2n) is 6.88. The van der Waals surface area contributed by atoms with Gasteiger partial charge in [-0.25, -0.2) is 4.98 Å². The monoisotopic (exact) mass is 316 g/mol. The maximum absolute atomic E-state index is 12.4. The van der Waals surface area contributed by atoms with Gasteiger partial charge < -0.3 is 9.80 Å². The lowest BCUT2D eigenvalue weighted by atomic mass is 10.0. The molecule has 5 heteroatoms. The number of aromatic nitrogens is 1. The normalized spacial score (nSPS) is 22.0. The van der Waals surface area contributed by atoms with E-state index in [9.17, 15) is 4.79 Å². The zero-order chi connectivity index (χ0) is 16.2. The summed E-state index contributed by atoms with van der Waals surface area (Å²) in [5.74, 6) is 1.35. The highest BCUT2D eigenvalue weighted by atomic mass is 16.2. The van der Waals surface area contributed by atoms with E-state index < -0.39 is 0 Å². The van der Waals surface area contributed by atoms with Gasteiger partial charge in [-0.3, -0.25) is 9.69 Å². The van der Waals surface area contributed by atoms with Gasteiger partial charge in [0.25, 0.3) is 0 Å². The summed E-state index contributed by atoms with van der Waals surface area (Å²) in [6.45, 7) is 6.47. The number of aryl methyl sites for hydroxylation is 1. The van der Waals surface area contributed by atoms with Crippen molar-refractivity contribution >= 4 is 11.7 Å². The zero-order valence-electron chi connectivity index (χ0n) is 14.4. The molecule has 0 radical (unpaired) electrons. The summed E-state index contributed by atoms with van der Waals surface area (Å²) < 4.78 is 0. The first-order valence-corrected chi connectivity index (χ1v) is 8.80. The molecule has 0 spiro atoms. The van der Waals surface area contributed by atoms with Crippen molar-refractivity contribution in [3.63, 3.8) is 0 Å².